The topological polar surface area (TPSA) is 49.4 Å². The highest BCUT2D eigenvalue weighted by Crippen LogP contribution is 2.31. The van der Waals surface area contributed by atoms with Crippen molar-refractivity contribution in [3.05, 3.63) is 63.4 Å². The molecule has 0 radical (unpaired) electrons. The van der Waals surface area contributed by atoms with Gasteiger partial charge in [0.15, 0.2) is 18.4 Å². The van der Waals surface area contributed by atoms with Gasteiger partial charge in [-0.2, -0.15) is 0 Å². The van der Waals surface area contributed by atoms with Crippen LogP contribution in [-0.2, 0) is 0 Å². The first kappa shape index (κ1) is 23.3. The van der Waals surface area contributed by atoms with Gasteiger partial charge in [0.25, 0.3) is 0 Å². The summed E-state index contributed by atoms with van der Waals surface area (Å²) in [7, 11) is 0. The van der Waals surface area contributed by atoms with Gasteiger partial charge in [0.1, 0.15) is 0 Å². The van der Waals surface area contributed by atoms with E-state index in [-0.39, 0.29) is 10.6 Å². The Kier molecular flexibility index (Phi) is 10.1. The first-order valence-electron chi connectivity index (χ1n) is 9.67. The number of hydrogen-bond acceptors (Lipinski definition) is 4. The van der Waals surface area contributed by atoms with Crippen LogP contribution in [0.1, 0.15) is 46.4 Å². The fourth-order valence-corrected chi connectivity index (χ4v) is 3.62. The zero-order valence-corrected chi connectivity index (χ0v) is 17.7. The Bertz CT molecular complexity index is 800. The second-order valence-electron chi connectivity index (χ2n) is 6.71. The lowest BCUT2D eigenvalue weighted by Crippen LogP contribution is -2.19. The maximum absolute atomic E-state index is 12.6. The second kappa shape index (κ2) is 12.6. The van der Waals surface area contributed by atoms with Crippen molar-refractivity contribution in [1.29, 1.82) is 0 Å². The van der Waals surface area contributed by atoms with E-state index in [2.05, 4.69) is 10.2 Å². The number of nitrogens with zero attached hydrogens (tertiary/aromatic N) is 1. The van der Waals surface area contributed by atoms with Gasteiger partial charge in [0.2, 0.25) is 0 Å². The molecule has 7 heteroatoms. The Morgan fingerprint density at radius 2 is 1.38 bits per heavy atom. The molecule has 0 unspecified atom stereocenters. The van der Waals surface area contributed by atoms with Crippen LogP contribution in [0.4, 0.5) is 10.1 Å². The van der Waals surface area contributed by atoms with E-state index < -0.39 is 5.82 Å². The van der Waals surface area contributed by atoms with Gasteiger partial charge in [-0.05, 0) is 63.0 Å². The van der Waals surface area contributed by atoms with Gasteiger partial charge < -0.3 is 10.2 Å². The Balaban J connectivity index is 0.000000173. The van der Waals surface area contributed by atoms with E-state index in [1.807, 2.05) is 18.2 Å². The molecule has 1 N–H and O–H groups in total. The molecular weight excluding hydrogens is 414 g/mol. The Morgan fingerprint density at radius 3 is 1.86 bits per heavy atom. The summed E-state index contributed by atoms with van der Waals surface area (Å²) in [6.45, 7) is 4.51. The Labute approximate surface area is 181 Å². The minimum atomic E-state index is -0.654. The smallest absolute Gasteiger partial charge is 0.153 e. The molecule has 2 aliphatic heterocycles. The lowest BCUT2D eigenvalue weighted by Gasteiger charge is -2.20. The van der Waals surface area contributed by atoms with Crippen molar-refractivity contribution in [2.45, 2.75) is 25.7 Å². The van der Waals surface area contributed by atoms with Crippen LogP contribution in [-0.4, -0.2) is 38.8 Å². The minimum absolute atomic E-state index is 0.00694. The monoisotopic (exact) mass is 438 g/mol. The summed E-state index contributed by atoms with van der Waals surface area (Å²) in [5.41, 5.74) is 1.59. The minimum Gasteiger partial charge on any atom is -0.370 e. The highest BCUT2D eigenvalue weighted by atomic mass is 35.5. The van der Waals surface area contributed by atoms with Gasteiger partial charge in [-0.15, -0.1) is 0 Å². The Morgan fingerprint density at radius 1 is 0.828 bits per heavy atom. The number of carbonyl (C=O) groups excluding carboxylic acids is 2. The van der Waals surface area contributed by atoms with E-state index in [1.165, 1.54) is 57.0 Å². The SMILES string of the molecule is C1CCNC1.O=Cc1cccc(Cl)c1F.O=Cc1cccc(Cl)c1N1CCCC1. The molecule has 0 amide bonds. The lowest BCUT2D eigenvalue weighted by molar-refractivity contribution is 0.111. The predicted octanol–water partition coefficient (Wildman–Crippen LogP) is 5.41. The van der Waals surface area contributed by atoms with E-state index >= 15 is 0 Å². The molecule has 4 rings (SSSR count). The number of hydrogen-bond donors (Lipinski definition) is 1. The molecule has 0 atom stereocenters. The average molecular weight is 439 g/mol. The summed E-state index contributed by atoms with van der Waals surface area (Å²) in [4.78, 5) is 23.1. The van der Waals surface area contributed by atoms with Crippen LogP contribution >= 0.6 is 23.2 Å². The third kappa shape index (κ3) is 7.11. The summed E-state index contributed by atoms with van der Waals surface area (Å²) < 4.78 is 12.6. The largest absolute Gasteiger partial charge is 0.370 e. The third-order valence-electron chi connectivity index (χ3n) is 4.63. The lowest BCUT2D eigenvalue weighted by atomic mass is 10.2. The second-order valence-corrected chi connectivity index (χ2v) is 7.52. The summed E-state index contributed by atoms with van der Waals surface area (Å²) in [6, 6.07) is 9.74. The molecule has 0 aliphatic carbocycles. The van der Waals surface area contributed by atoms with Crippen molar-refractivity contribution < 1.29 is 14.0 Å². The molecule has 2 saturated heterocycles. The number of carbonyl (C=O) groups is 2. The van der Waals surface area contributed by atoms with Crippen LogP contribution in [0.3, 0.4) is 0 Å². The first-order chi connectivity index (χ1) is 14.1. The average Bonchev–Trinajstić information content (AvgIpc) is 3.47. The number of anilines is 1. The van der Waals surface area contributed by atoms with Crippen molar-refractivity contribution in [3.63, 3.8) is 0 Å². The van der Waals surface area contributed by atoms with Gasteiger partial charge in [-0.25, -0.2) is 4.39 Å². The van der Waals surface area contributed by atoms with Gasteiger partial charge in [0.05, 0.1) is 21.3 Å². The highest BCUT2D eigenvalue weighted by molar-refractivity contribution is 6.34. The van der Waals surface area contributed by atoms with Crippen LogP contribution < -0.4 is 10.2 Å². The van der Waals surface area contributed by atoms with Crippen LogP contribution in [0.2, 0.25) is 10.0 Å². The molecule has 2 aromatic rings. The van der Waals surface area contributed by atoms with Gasteiger partial charge in [0, 0.05) is 18.7 Å². The molecular formula is C22H25Cl2FN2O2. The summed E-state index contributed by atoms with van der Waals surface area (Å²) in [6.07, 6.45) is 6.45. The normalized spacial score (nSPS) is 15.1. The molecule has 2 aromatic carbocycles. The summed E-state index contributed by atoms with van der Waals surface area (Å²) >= 11 is 11.4. The van der Waals surface area contributed by atoms with Crippen LogP contribution in [0, 0.1) is 5.82 Å². The number of aldehydes is 2. The fraction of sp³-hybridized carbons (Fsp3) is 0.364. The molecule has 2 fully saturated rings. The van der Waals surface area contributed by atoms with Gasteiger partial charge in [-0.3, -0.25) is 9.59 Å². The van der Waals surface area contributed by atoms with Gasteiger partial charge in [-0.1, -0.05) is 35.3 Å². The molecule has 156 valence electrons. The molecule has 0 spiro atoms. The third-order valence-corrected chi connectivity index (χ3v) is 5.23. The number of nitrogens with one attached hydrogen (secondary N) is 1. The molecule has 2 heterocycles. The van der Waals surface area contributed by atoms with E-state index in [0.717, 1.165) is 25.1 Å². The zero-order valence-electron chi connectivity index (χ0n) is 16.2. The first-order valence-corrected chi connectivity index (χ1v) is 10.4. The molecule has 2 aliphatic rings. The van der Waals surface area contributed by atoms with E-state index in [0.29, 0.717) is 16.9 Å². The van der Waals surface area contributed by atoms with E-state index in [4.69, 9.17) is 23.2 Å². The van der Waals surface area contributed by atoms with Crippen molar-refractivity contribution in [3.8, 4) is 0 Å². The molecule has 4 nitrogen and oxygen atoms in total. The van der Waals surface area contributed by atoms with Crippen LogP contribution in [0.15, 0.2) is 36.4 Å². The molecule has 29 heavy (non-hydrogen) atoms. The molecule has 0 aromatic heterocycles. The molecule has 0 bridgehead atoms. The van der Waals surface area contributed by atoms with E-state index in [1.54, 1.807) is 0 Å². The van der Waals surface area contributed by atoms with Crippen molar-refractivity contribution in [2.75, 3.05) is 31.1 Å². The van der Waals surface area contributed by atoms with Crippen molar-refractivity contribution in [2.24, 2.45) is 0 Å². The van der Waals surface area contributed by atoms with Gasteiger partial charge >= 0.3 is 0 Å². The maximum Gasteiger partial charge on any atom is 0.153 e. The standard InChI is InChI=1S/C11H12ClNO.C7H4ClFO.C4H9N/c12-10-5-3-4-9(8-14)11(10)13-6-1-2-7-13;8-6-3-1-2-5(4-10)7(6)9;1-2-4-5-3-1/h3-5,8H,1-2,6-7H2;1-4H;5H,1-4H2. The predicted molar refractivity (Wildman–Crippen MR) is 117 cm³/mol. The fourth-order valence-electron chi connectivity index (χ4n) is 3.14. The van der Waals surface area contributed by atoms with Crippen molar-refractivity contribution in [1.82, 2.24) is 5.32 Å². The quantitative estimate of drug-likeness (QED) is 0.650. The number of para-hydroxylation sites is 1. The Hall–Kier alpha value is -1.95. The summed E-state index contributed by atoms with van der Waals surface area (Å²) in [5.74, 6) is -0.654. The van der Waals surface area contributed by atoms with Crippen LogP contribution in [0.25, 0.3) is 0 Å². The highest BCUT2D eigenvalue weighted by Gasteiger charge is 2.17. The number of halogens is 3. The molecule has 0 saturated carbocycles. The maximum atomic E-state index is 12.6. The number of benzene rings is 2. The van der Waals surface area contributed by atoms with E-state index in [9.17, 15) is 14.0 Å². The number of rotatable bonds is 3. The summed E-state index contributed by atoms with van der Waals surface area (Å²) in [5, 5.41) is 3.88. The van der Waals surface area contributed by atoms with Crippen molar-refractivity contribution >= 4 is 41.5 Å². The zero-order chi connectivity index (χ0) is 21.1. The van der Waals surface area contributed by atoms with Crippen LogP contribution in [0.5, 0.6) is 0 Å².